The molecule has 5 rings (SSSR count). The van der Waals surface area contributed by atoms with E-state index in [0.717, 1.165) is 60.1 Å². The zero-order valence-electron chi connectivity index (χ0n) is 22.2. The van der Waals surface area contributed by atoms with Crippen LogP contribution in [0.15, 0.2) is 42.5 Å². The number of hydrogen-bond acceptors (Lipinski definition) is 6. The monoisotopic (exact) mass is 502 g/mol. The van der Waals surface area contributed by atoms with Crippen molar-refractivity contribution in [1.29, 1.82) is 0 Å². The first-order valence-corrected chi connectivity index (χ1v) is 13.3. The van der Waals surface area contributed by atoms with Crippen LogP contribution in [0.1, 0.15) is 44.4 Å². The number of hydrogen-bond donors (Lipinski definition) is 1. The highest BCUT2D eigenvalue weighted by Gasteiger charge is 2.26. The number of rotatable bonds is 6. The van der Waals surface area contributed by atoms with Crippen LogP contribution in [-0.2, 0) is 20.7 Å². The van der Waals surface area contributed by atoms with Gasteiger partial charge >= 0.3 is 0 Å². The molecule has 0 aliphatic carbocycles. The van der Waals surface area contributed by atoms with Crippen LogP contribution in [0.3, 0.4) is 0 Å². The summed E-state index contributed by atoms with van der Waals surface area (Å²) < 4.78 is 11.7. The number of nitrogens with two attached hydrogens (primary N) is 1. The molecular weight excluding hydrogens is 464 g/mol. The van der Waals surface area contributed by atoms with Crippen molar-refractivity contribution >= 4 is 28.8 Å². The van der Waals surface area contributed by atoms with Crippen molar-refractivity contribution in [1.82, 2.24) is 9.88 Å². The highest BCUT2D eigenvalue weighted by molar-refractivity contribution is 5.91. The smallest absolute Gasteiger partial charge is 0.209 e. The van der Waals surface area contributed by atoms with Crippen LogP contribution in [-0.4, -0.2) is 62.3 Å². The van der Waals surface area contributed by atoms with Crippen molar-refractivity contribution in [2.24, 2.45) is 5.41 Å². The van der Waals surface area contributed by atoms with Gasteiger partial charge in [-0.25, -0.2) is 4.98 Å². The summed E-state index contributed by atoms with van der Waals surface area (Å²) in [5.41, 5.74) is 13.2. The maximum atomic E-state index is 11.5. The number of morpholine rings is 2. The summed E-state index contributed by atoms with van der Waals surface area (Å²) in [5.74, 6) is 0.554. The highest BCUT2D eigenvalue weighted by Crippen LogP contribution is 2.38. The first-order valence-electron chi connectivity index (χ1n) is 13.3. The van der Waals surface area contributed by atoms with E-state index in [1.54, 1.807) is 0 Å². The van der Waals surface area contributed by atoms with Gasteiger partial charge in [-0.2, -0.15) is 0 Å². The van der Waals surface area contributed by atoms with Gasteiger partial charge in [-0.15, -0.1) is 0 Å². The molecule has 0 bridgehead atoms. The first kappa shape index (κ1) is 25.5. The number of aromatic nitrogens is 1. The van der Waals surface area contributed by atoms with Crippen LogP contribution in [0, 0.1) is 5.41 Å². The number of nitrogens with zero attached hydrogens (tertiary/aromatic N) is 3. The van der Waals surface area contributed by atoms with Gasteiger partial charge in [-0.1, -0.05) is 45.0 Å². The summed E-state index contributed by atoms with van der Waals surface area (Å²) in [6.45, 7) is 11.6. The fourth-order valence-electron chi connectivity index (χ4n) is 5.30. The topological polar surface area (TPSA) is 80.9 Å². The lowest BCUT2D eigenvalue weighted by Crippen LogP contribution is -2.37. The molecule has 7 nitrogen and oxygen atoms in total. The molecule has 3 heterocycles. The number of ether oxygens (including phenoxy) is 2. The molecule has 196 valence electrons. The Balaban J connectivity index is 1.60. The van der Waals surface area contributed by atoms with Gasteiger partial charge in [0.2, 0.25) is 6.41 Å². The van der Waals surface area contributed by atoms with Gasteiger partial charge in [0.15, 0.2) is 0 Å². The average Bonchev–Trinajstić information content (AvgIpc) is 2.91. The van der Waals surface area contributed by atoms with E-state index >= 15 is 0 Å². The SMILES string of the molecule is CC(C)(C)CCc1cccc(C2CN(C=O)CCO2)c1-c1ccc2nc(N)c(N3CCOCC3)cc2c1. The second kappa shape index (κ2) is 10.7. The van der Waals surface area contributed by atoms with Gasteiger partial charge in [0.05, 0.1) is 37.6 Å². The molecule has 1 unspecified atom stereocenters. The standard InChI is InChI=1S/C30H38N4O3/c1-30(2,3)10-9-21-5-4-6-24(27-19-33(20-35)11-16-37-27)28(21)22-7-8-25-23(17-22)18-26(29(31)32-25)34-12-14-36-15-13-34/h4-8,17-18,20,27H,9-16,19H2,1-3H3,(H2,31,32). The van der Waals surface area contributed by atoms with Crippen molar-refractivity contribution in [2.75, 3.05) is 56.6 Å². The number of nitrogen functional groups attached to an aromatic ring is 1. The number of carbonyl (C=O) groups excluding carboxylic acids is 1. The number of fused-ring (bicyclic) bond motifs is 1. The van der Waals surface area contributed by atoms with Crippen LogP contribution < -0.4 is 10.6 Å². The van der Waals surface area contributed by atoms with Gasteiger partial charge in [0.1, 0.15) is 11.9 Å². The van der Waals surface area contributed by atoms with Gasteiger partial charge in [-0.05, 0) is 58.7 Å². The lowest BCUT2D eigenvalue weighted by molar-refractivity contribution is -0.125. The lowest BCUT2D eigenvalue weighted by atomic mass is 9.84. The molecule has 2 aliphatic heterocycles. The number of benzene rings is 2. The van der Waals surface area contributed by atoms with Crippen molar-refractivity contribution < 1.29 is 14.3 Å². The van der Waals surface area contributed by atoms with E-state index in [4.69, 9.17) is 20.2 Å². The van der Waals surface area contributed by atoms with Crippen molar-refractivity contribution in [3.05, 3.63) is 53.6 Å². The first-order chi connectivity index (χ1) is 17.8. The lowest BCUT2D eigenvalue weighted by Gasteiger charge is -2.32. The Kier molecular flexibility index (Phi) is 7.36. The van der Waals surface area contributed by atoms with Crippen LogP contribution in [0.25, 0.3) is 22.0 Å². The molecule has 0 radical (unpaired) electrons. The molecular formula is C30H38N4O3. The van der Waals surface area contributed by atoms with E-state index < -0.39 is 0 Å². The molecule has 0 saturated carbocycles. The summed E-state index contributed by atoms with van der Waals surface area (Å²) >= 11 is 0. The molecule has 2 aromatic carbocycles. The third-order valence-corrected chi connectivity index (χ3v) is 7.38. The van der Waals surface area contributed by atoms with Crippen LogP contribution in [0.2, 0.25) is 0 Å². The molecule has 37 heavy (non-hydrogen) atoms. The van der Waals surface area contributed by atoms with E-state index in [9.17, 15) is 4.79 Å². The van der Waals surface area contributed by atoms with E-state index in [0.29, 0.717) is 38.7 Å². The number of amides is 1. The molecule has 1 amide bonds. The third kappa shape index (κ3) is 5.73. The minimum Gasteiger partial charge on any atom is -0.382 e. The molecule has 2 fully saturated rings. The zero-order valence-corrected chi connectivity index (χ0v) is 22.2. The molecule has 1 aromatic heterocycles. The Morgan fingerprint density at radius 1 is 1.08 bits per heavy atom. The normalized spacial score (nSPS) is 18.8. The van der Waals surface area contributed by atoms with E-state index in [2.05, 4.69) is 68.1 Å². The Bertz CT molecular complexity index is 1260. The summed E-state index contributed by atoms with van der Waals surface area (Å²) in [6.07, 6.45) is 2.81. The van der Waals surface area contributed by atoms with Gasteiger partial charge < -0.3 is 25.0 Å². The second-order valence-electron chi connectivity index (χ2n) is 11.3. The number of anilines is 2. The van der Waals surface area contributed by atoms with Crippen LogP contribution in [0.4, 0.5) is 11.5 Å². The fraction of sp³-hybridized carbons (Fsp3) is 0.467. The van der Waals surface area contributed by atoms with Gasteiger partial charge in [-0.3, -0.25) is 4.79 Å². The molecule has 2 N–H and O–H groups in total. The molecule has 1 atom stereocenters. The Hall–Kier alpha value is -3.16. The number of carbonyl (C=O) groups is 1. The van der Waals surface area contributed by atoms with Gasteiger partial charge in [0, 0.05) is 25.0 Å². The van der Waals surface area contributed by atoms with E-state index in [1.807, 2.05) is 4.90 Å². The predicted octanol–water partition coefficient (Wildman–Crippen LogP) is 4.83. The number of aryl methyl sites for hydroxylation is 1. The quantitative estimate of drug-likeness (QED) is 0.487. The fourth-order valence-corrected chi connectivity index (χ4v) is 5.30. The van der Waals surface area contributed by atoms with E-state index in [1.165, 1.54) is 11.1 Å². The van der Waals surface area contributed by atoms with Gasteiger partial charge in [0.25, 0.3) is 0 Å². The molecule has 7 heteroatoms. The summed E-state index contributed by atoms with van der Waals surface area (Å²) in [4.78, 5) is 20.3. The Morgan fingerprint density at radius 3 is 2.65 bits per heavy atom. The maximum absolute atomic E-state index is 11.5. The van der Waals surface area contributed by atoms with Crippen molar-refractivity contribution in [3.8, 4) is 11.1 Å². The number of pyridine rings is 1. The second-order valence-corrected chi connectivity index (χ2v) is 11.3. The largest absolute Gasteiger partial charge is 0.382 e. The minimum atomic E-state index is -0.160. The average molecular weight is 503 g/mol. The van der Waals surface area contributed by atoms with Crippen molar-refractivity contribution in [3.63, 3.8) is 0 Å². The maximum Gasteiger partial charge on any atom is 0.209 e. The summed E-state index contributed by atoms with van der Waals surface area (Å²) in [7, 11) is 0. The van der Waals surface area contributed by atoms with E-state index in [-0.39, 0.29) is 11.5 Å². The summed E-state index contributed by atoms with van der Waals surface area (Å²) in [5, 5.41) is 1.06. The predicted molar refractivity (Wildman–Crippen MR) is 149 cm³/mol. The van der Waals surface area contributed by atoms with Crippen LogP contribution in [0.5, 0.6) is 0 Å². The molecule has 2 saturated heterocycles. The third-order valence-electron chi connectivity index (χ3n) is 7.38. The minimum absolute atomic E-state index is 0.160. The Morgan fingerprint density at radius 2 is 1.89 bits per heavy atom. The molecule has 2 aliphatic rings. The Labute approximate surface area is 219 Å². The zero-order chi connectivity index (χ0) is 26.0. The van der Waals surface area contributed by atoms with Crippen LogP contribution >= 0.6 is 0 Å². The molecule has 3 aromatic rings. The summed E-state index contributed by atoms with van der Waals surface area (Å²) in [6, 6.07) is 15.1. The van der Waals surface area contributed by atoms with Crippen molar-refractivity contribution in [2.45, 2.75) is 39.7 Å². The molecule has 0 spiro atoms. The highest BCUT2D eigenvalue weighted by atomic mass is 16.5.